The zero-order valence-electron chi connectivity index (χ0n) is 10.1. The smallest absolute Gasteiger partial charge is 0.257 e. The summed E-state index contributed by atoms with van der Waals surface area (Å²) in [5.74, 6) is 1.20. The van der Waals surface area contributed by atoms with Gasteiger partial charge in [0, 0.05) is 11.3 Å². The maximum Gasteiger partial charge on any atom is 0.257 e. The zero-order chi connectivity index (χ0) is 14.7. The Hall–Kier alpha value is -2.02. The van der Waals surface area contributed by atoms with E-state index >= 15 is 0 Å². The third-order valence-corrected chi connectivity index (χ3v) is 3.14. The molecule has 1 amide bonds. The highest BCUT2D eigenvalue weighted by molar-refractivity contribution is 6.37. The molecular formula is C15H8Cl2FNO. The van der Waals surface area contributed by atoms with Gasteiger partial charge in [0.2, 0.25) is 0 Å². The molecule has 0 spiro atoms. The van der Waals surface area contributed by atoms with Gasteiger partial charge in [-0.15, -0.1) is 6.42 Å². The van der Waals surface area contributed by atoms with Crippen LogP contribution in [-0.2, 0) is 0 Å². The molecule has 0 heterocycles. The molecule has 0 radical (unpaired) electrons. The van der Waals surface area contributed by atoms with Crippen LogP contribution < -0.4 is 5.32 Å². The van der Waals surface area contributed by atoms with Crippen LogP contribution >= 0.6 is 23.2 Å². The molecule has 0 aromatic heterocycles. The van der Waals surface area contributed by atoms with Crippen molar-refractivity contribution < 1.29 is 9.18 Å². The predicted octanol–water partition coefficient (Wildman–Crippen LogP) is 4.37. The summed E-state index contributed by atoms with van der Waals surface area (Å²) in [4.78, 5) is 12.0. The van der Waals surface area contributed by atoms with Crippen LogP contribution in [0.5, 0.6) is 0 Å². The molecule has 0 aliphatic rings. The minimum Gasteiger partial charge on any atom is -0.322 e. The molecule has 0 atom stereocenters. The van der Waals surface area contributed by atoms with E-state index in [1.54, 1.807) is 24.3 Å². The van der Waals surface area contributed by atoms with E-state index in [2.05, 4.69) is 11.2 Å². The molecule has 20 heavy (non-hydrogen) atoms. The minimum absolute atomic E-state index is 0.000299. The van der Waals surface area contributed by atoms with E-state index < -0.39 is 11.7 Å². The lowest BCUT2D eigenvalue weighted by Gasteiger charge is -2.08. The molecule has 5 heteroatoms. The number of carbonyl (C=O) groups is 1. The van der Waals surface area contributed by atoms with Crippen molar-refractivity contribution in [2.45, 2.75) is 0 Å². The SMILES string of the molecule is C#Cc1cccc(NC(=O)c2cc(F)c(Cl)cc2Cl)c1. The fraction of sp³-hybridized carbons (Fsp3) is 0. The molecule has 1 N–H and O–H groups in total. The van der Waals surface area contributed by atoms with E-state index in [-0.39, 0.29) is 15.6 Å². The van der Waals surface area contributed by atoms with Gasteiger partial charge in [0.25, 0.3) is 5.91 Å². The number of benzene rings is 2. The van der Waals surface area contributed by atoms with E-state index in [0.717, 1.165) is 6.07 Å². The fourth-order valence-corrected chi connectivity index (χ4v) is 2.05. The van der Waals surface area contributed by atoms with Crippen molar-refractivity contribution in [3.8, 4) is 12.3 Å². The van der Waals surface area contributed by atoms with Crippen molar-refractivity contribution in [2.24, 2.45) is 0 Å². The molecule has 2 rings (SSSR count). The highest BCUT2D eigenvalue weighted by Crippen LogP contribution is 2.25. The van der Waals surface area contributed by atoms with Crippen LogP contribution in [-0.4, -0.2) is 5.91 Å². The Morgan fingerprint density at radius 1 is 1.20 bits per heavy atom. The van der Waals surface area contributed by atoms with Crippen molar-refractivity contribution in [1.29, 1.82) is 0 Å². The normalized spacial score (nSPS) is 9.90. The Balaban J connectivity index is 2.28. The Morgan fingerprint density at radius 2 is 1.95 bits per heavy atom. The zero-order valence-corrected chi connectivity index (χ0v) is 11.6. The van der Waals surface area contributed by atoms with Gasteiger partial charge in [0.05, 0.1) is 15.6 Å². The number of amides is 1. The number of rotatable bonds is 2. The van der Waals surface area contributed by atoms with E-state index in [0.29, 0.717) is 11.3 Å². The number of terminal acetylenes is 1. The Labute approximate surface area is 125 Å². The Bertz CT molecular complexity index is 722. The summed E-state index contributed by atoms with van der Waals surface area (Å²) in [6.07, 6.45) is 5.27. The lowest BCUT2D eigenvalue weighted by atomic mass is 10.1. The topological polar surface area (TPSA) is 29.1 Å². The van der Waals surface area contributed by atoms with E-state index in [9.17, 15) is 9.18 Å². The molecule has 2 aromatic carbocycles. The summed E-state index contributed by atoms with van der Waals surface area (Å²) in [6.45, 7) is 0. The molecular weight excluding hydrogens is 300 g/mol. The molecule has 2 nitrogen and oxygen atoms in total. The number of hydrogen-bond acceptors (Lipinski definition) is 1. The first-order chi connectivity index (χ1) is 9.51. The van der Waals surface area contributed by atoms with Crippen LogP contribution in [0.15, 0.2) is 36.4 Å². The largest absolute Gasteiger partial charge is 0.322 e. The molecule has 0 aliphatic heterocycles. The highest BCUT2D eigenvalue weighted by atomic mass is 35.5. The summed E-state index contributed by atoms with van der Waals surface area (Å²) in [5.41, 5.74) is 1.12. The highest BCUT2D eigenvalue weighted by Gasteiger charge is 2.14. The summed E-state index contributed by atoms with van der Waals surface area (Å²) >= 11 is 11.5. The average Bonchev–Trinajstić information content (AvgIpc) is 2.43. The van der Waals surface area contributed by atoms with Crippen LogP contribution in [0.4, 0.5) is 10.1 Å². The summed E-state index contributed by atoms with van der Waals surface area (Å²) in [5, 5.41) is 2.52. The van der Waals surface area contributed by atoms with Crippen LogP contribution in [0.3, 0.4) is 0 Å². The van der Waals surface area contributed by atoms with Gasteiger partial charge in [0.1, 0.15) is 5.82 Å². The summed E-state index contributed by atoms with van der Waals surface area (Å²) in [7, 11) is 0. The quantitative estimate of drug-likeness (QED) is 0.648. The Morgan fingerprint density at radius 3 is 2.65 bits per heavy atom. The lowest BCUT2D eigenvalue weighted by molar-refractivity contribution is 0.102. The molecule has 2 aromatic rings. The second-order valence-electron chi connectivity index (χ2n) is 3.93. The van der Waals surface area contributed by atoms with Crippen molar-refractivity contribution in [1.82, 2.24) is 0 Å². The van der Waals surface area contributed by atoms with Gasteiger partial charge in [-0.1, -0.05) is 35.2 Å². The Kier molecular flexibility index (Phi) is 4.29. The third kappa shape index (κ3) is 3.11. The monoisotopic (exact) mass is 307 g/mol. The number of halogens is 3. The first-order valence-corrected chi connectivity index (χ1v) is 6.29. The number of nitrogens with one attached hydrogen (secondary N) is 1. The maximum atomic E-state index is 13.4. The molecule has 0 saturated carbocycles. The van der Waals surface area contributed by atoms with Crippen LogP contribution in [0, 0.1) is 18.2 Å². The second-order valence-corrected chi connectivity index (χ2v) is 4.74. The van der Waals surface area contributed by atoms with Crippen molar-refractivity contribution in [3.05, 3.63) is 63.4 Å². The number of anilines is 1. The molecule has 0 fully saturated rings. The molecule has 0 saturated heterocycles. The maximum absolute atomic E-state index is 13.4. The standard InChI is InChI=1S/C15H8Cl2FNO/c1-2-9-4-3-5-10(6-9)19-15(20)11-7-14(18)13(17)8-12(11)16/h1,3-8H,(H,19,20). The predicted molar refractivity (Wildman–Crippen MR) is 78.8 cm³/mol. The number of carbonyl (C=O) groups excluding carboxylic acids is 1. The second kappa shape index (κ2) is 5.96. The van der Waals surface area contributed by atoms with Gasteiger partial charge in [-0.05, 0) is 30.3 Å². The van der Waals surface area contributed by atoms with Crippen LogP contribution in [0.2, 0.25) is 10.0 Å². The third-order valence-electron chi connectivity index (χ3n) is 2.54. The van der Waals surface area contributed by atoms with Gasteiger partial charge in [-0.2, -0.15) is 0 Å². The van der Waals surface area contributed by atoms with Gasteiger partial charge in [-0.3, -0.25) is 4.79 Å². The summed E-state index contributed by atoms with van der Waals surface area (Å²) in [6, 6.07) is 8.90. The van der Waals surface area contributed by atoms with Gasteiger partial charge >= 0.3 is 0 Å². The van der Waals surface area contributed by atoms with Gasteiger partial charge in [0.15, 0.2) is 0 Å². The van der Waals surface area contributed by atoms with E-state index in [4.69, 9.17) is 29.6 Å². The van der Waals surface area contributed by atoms with Crippen LogP contribution in [0.25, 0.3) is 0 Å². The van der Waals surface area contributed by atoms with E-state index in [1.807, 2.05) is 0 Å². The van der Waals surface area contributed by atoms with Crippen LogP contribution in [0.1, 0.15) is 15.9 Å². The lowest BCUT2D eigenvalue weighted by Crippen LogP contribution is -2.13. The average molecular weight is 308 g/mol. The number of hydrogen-bond donors (Lipinski definition) is 1. The molecule has 0 aliphatic carbocycles. The van der Waals surface area contributed by atoms with Crippen molar-refractivity contribution in [3.63, 3.8) is 0 Å². The molecule has 0 unspecified atom stereocenters. The van der Waals surface area contributed by atoms with Gasteiger partial charge < -0.3 is 5.32 Å². The fourth-order valence-electron chi connectivity index (χ4n) is 1.58. The molecule has 100 valence electrons. The van der Waals surface area contributed by atoms with E-state index in [1.165, 1.54) is 6.07 Å². The molecule has 0 bridgehead atoms. The minimum atomic E-state index is -0.710. The van der Waals surface area contributed by atoms with Crippen molar-refractivity contribution in [2.75, 3.05) is 5.32 Å². The summed E-state index contributed by atoms with van der Waals surface area (Å²) < 4.78 is 13.4. The first-order valence-electron chi connectivity index (χ1n) is 5.54. The van der Waals surface area contributed by atoms with Gasteiger partial charge in [-0.25, -0.2) is 4.39 Å². The first kappa shape index (κ1) is 14.4. The van der Waals surface area contributed by atoms with Crippen molar-refractivity contribution >= 4 is 34.8 Å².